The Bertz CT molecular complexity index is 398. The van der Waals surface area contributed by atoms with Crippen LogP contribution < -0.4 is 10.6 Å². The molecule has 4 amide bonds. The van der Waals surface area contributed by atoms with Gasteiger partial charge < -0.3 is 4.74 Å². The number of hydrogen-bond donors (Lipinski definition) is 2. The molecule has 0 bridgehead atoms. The molecule has 0 saturated carbocycles. The van der Waals surface area contributed by atoms with Crippen molar-refractivity contribution in [3.63, 3.8) is 0 Å². The molecule has 1 atom stereocenters. The Hall–Kier alpha value is -1.92. The zero-order valence-electron chi connectivity index (χ0n) is 11.2. The largest absolute Gasteiger partial charge is 0.463 e. The summed E-state index contributed by atoms with van der Waals surface area (Å²) < 4.78 is 4.96. The van der Waals surface area contributed by atoms with Crippen molar-refractivity contribution in [3.05, 3.63) is 0 Å². The van der Waals surface area contributed by atoms with Gasteiger partial charge in [0.2, 0.25) is 11.8 Å². The van der Waals surface area contributed by atoms with Crippen molar-refractivity contribution in [2.75, 3.05) is 0 Å². The number of carbonyl (C=O) groups excluding carboxylic acids is 4. The Balaban J connectivity index is 2.95. The van der Waals surface area contributed by atoms with Gasteiger partial charge in [0.15, 0.2) is 0 Å². The minimum Gasteiger partial charge on any atom is -0.463 e. The Morgan fingerprint density at radius 2 is 1.79 bits per heavy atom. The standard InChI is InChI=1S/C12H18N2O5/c1-4-5-12(6-7(2)19-8(3)15)9(16)13-11(18)14-10(12)17/h7H,4-6H2,1-3H3,(H2,13,14,16,17,18). The first-order valence-corrected chi connectivity index (χ1v) is 6.16. The molecule has 0 radical (unpaired) electrons. The van der Waals surface area contributed by atoms with Crippen LogP contribution in [-0.4, -0.2) is 29.9 Å². The van der Waals surface area contributed by atoms with E-state index in [0.717, 1.165) is 0 Å². The summed E-state index contributed by atoms with van der Waals surface area (Å²) >= 11 is 0. The molecule has 1 saturated heterocycles. The predicted octanol–water partition coefficient (Wildman–Crippen LogP) is 0.481. The summed E-state index contributed by atoms with van der Waals surface area (Å²) in [6.45, 7) is 4.69. The lowest BCUT2D eigenvalue weighted by Crippen LogP contribution is -2.63. The van der Waals surface area contributed by atoms with E-state index in [4.69, 9.17) is 4.74 Å². The quantitative estimate of drug-likeness (QED) is 0.559. The molecule has 1 rings (SSSR count). The molecule has 106 valence electrons. The molecule has 0 spiro atoms. The lowest BCUT2D eigenvalue weighted by Gasteiger charge is -2.35. The fourth-order valence-corrected chi connectivity index (χ4v) is 2.34. The second-order valence-corrected chi connectivity index (χ2v) is 4.69. The summed E-state index contributed by atoms with van der Waals surface area (Å²) in [7, 11) is 0. The molecule has 0 aromatic heterocycles. The fraction of sp³-hybridized carbons (Fsp3) is 0.667. The van der Waals surface area contributed by atoms with E-state index in [1.807, 2.05) is 6.92 Å². The van der Waals surface area contributed by atoms with Crippen LogP contribution in [0.1, 0.15) is 40.0 Å². The highest BCUT2D eigenvalue weighted by molar-refractivity contribution is 6.19. The Kier molecular flexibility index (Phi) is 4.63. The van der Waals surface area contributed by atoms with Crippen LogP contribution in [0, 0.1) is 5.41 Å². The summed E-state index contributed by atoms with van der Waals surface area (Å²) in [5.74, 6) is -1.75. The predicted molar refractivity (Wildman–Crippen MR) is 64.9 cm³/mol. The maximum atomic E-state index is 12.0. The van der Waals surface area contributed by atoms with Crippen molar-refractivity contribution in [1.82, 2.24) is 10.6 Å². The molecule has 1 aliphatic rings. The van der Waals surface area contributed by atoms with Gasteiger partial charge in [-0.25, -0.2) is 4.79 Å². The number of ether oxygens (including phenoxy) is 1. The summed E-state index contributed by atoms with van der Waals surface area (Å²) in [6.07, 6.45) is 0.324. The fourth-order valence-electron chi connectivity index (χ4n) is 2.34. The third-order valence-corrected chi connectivity index (χ3v) is 3.00. The number of urea groups is 1. The molecule has 7 heteroatoms. The second-order valence-electron chi connectivity index (χ2n) is 4.69. The van der Waals surface area contributed by atoms with Crippen molar-refractivity contribution < 1.29 is 23.9 Å². The molecular formula is C12H18N2O5. The molecule has 2 N–H and O–H groups in total. The van der Waals surface area contributed by atoms with Crippen LogP contribution in [0.5, 0.6) is 0 Å². The number of rotatable bonds is 5. The van der Waals surface area contributed by atoms with Gasteiger partial charge in [-0.1, -0.05) is 13.3 Å². The molecule has 1 fully saturated rings. The molecule has 0 aromatic carbocycles. The van der Waals surface area contributed by atoms with Gasteiger partial charge in [-0.05, 0) is 13.3 Å². The van der Waals surface area contributed by atoms with Crippen LogP contribution in [-0.2, 0) is 19.1 Å². The van der Waals surface area contributed by atoms with Crippen LogP contribution in [0.3, 0.4) is 0 Å². The smallest absolute Gasteiger partial charge is 0.328 e. The van der Waals surface area contributed by atoms with Gasteiger partial charge in [0.1, 0.15) is 11.5 Å². The Labute approximate surface area is 111 Å². The highest BCUT2D eigenvalue weighted by atomic mass is 16.5. The lowest BCUT2D eigenvalue weighted by atomic mass is 9.75. The van der Waals surface area contributed by atoms with Gasteiger partial charge in [0.25, 0.3) is 0 Å². The van der Waals surface area contributed by atoms with Crippen LogP contribution >= 0.6 is 0 Å². The second kappa shape index (κ2) is 5.81. The number of nitrogens with one attached hydrogen (secondary N) is 2. The van der Waals surface area contributed by atoms with Crippen molar-refractivity contribution >= 4 is 23.8 Å². The van der Waals surface area contributed by atoms with Crippen molar-refractivity contribution in [1.29, 1.82) is 0 Å². The molecule has 1 aliphatic heterocycles. The van der Waals surface area contributed by atoms with E-state index in [1.165, 1.54) is 6.92 Å². The minimum absolute atomic E-state index is 0.0470. The van der Waals surface area contributed by atoms with E-state index in [-0.39, 0.29) is 12.8 Å². The molecule has 1 unspecified atom stereocenters. The van der Waals surface area contributed by atoms with Crippen molar-refractivity contribution in [3.8, 4) is 0 Å². The van der Waals surface area contributed by atoms with Crippen molar-refractivity contribution in [2.45, 2.75) is 46.1 Å². The highest BCUT2D eigenvalue weighted by Crippen LogP contribution is 2.33. The van der Waals surface area contributed by atoms with E-state index in [0.29, 0.717) is 6.42 Å². The van der Waals surface area contributed by atoms with E-state index in [9.17, 15) is 19.2 Å². The summed E-state index contributed by atoms with van der Waals surface area (Å²) in [6, 6.07) is -0.818. The van der Waals surface area contributed by atoms with Crippen LogP contribution in [0.25, 0.3) is 0 Å². The first-order chi connectivity index (χ1) is 8.81. The summed E-state index contributed by atoms with van der Waals surface area (Å²) in [4.78, 5) is 46.0. The van der Waals surface area contributed by atoms with Crippen molar-refractivity contribution in [2.24, 2.45) is 5.41 Å². The maximum absolute atomic E-state index is 12.0. The van der Waals surface area contributed by atoms with Gasteiger partial charge in [0.05, 0.1) is 0 Å². The highest BCUT2D eigenvalue weighted by Gasteiger charge is 2.50. The van der Waals surface area contributed by atoms with E-state index >= 15 is 0 Å². The molecular weight excluding hydrogens is 252 g/mol. The van der Waals surface area contributed by atoms with E-state index in [2.05, 4.69) is 10.6 Å². The van der Waals surface area contributed by atoms with E-state index in [1.54, 1.807) is 6.92 Å². The molecule has 0 aliphatic carbocycles. The molecule has 19 heavy (non-hydrogen) atoms. The monoisotopic (exact) mass is 270 g/mol. The average Bonchev–Trinajstić information content (AvgIpc) is 2.24. The third kappa shape index (κ3) is 3.30. The Morgan fingerprint density at radius 3 is 2.21 bits per heavy atom. The number of amides is 4. The first kappa shape index (κ1) is 15.1. The number of barbiturate groups is 1. The zero-order chi connectivity index (χ0) is 14.6. The van der Waals surface area contributed by atoms with Gasteiger partial charge in [-0.2, -0.15) is 0 Å². The number of carbonyl (C=O) groups is 4. The van der Waals surface area contributed by atoms with Crippen LogP contribution in [0.4, 0.5) is 4.79 Å². The lowest BCUT2D eigenvalue weighted by molar-refractivity contribution is -0.155. The van der Waals surface area contributed by atoms with Gasteiger partial charge >= 0.3 is 12.0 Å². The summed E-state index contributed by atoms with van der Waals surface area (Å²) in [5, 5.41) is 4.19. The third-order valence-electron chi connectivity index (χ3n) is 3.00. The van der Waals surface area contributed by atoms with Gasteiger partial charge in [0, 0.05) is 13.3 Å². The minimum atomic E-state index is -1.36. The number of hydrogen-bond acceptors (Lipinski definition) is 5. The topological polar surface area (TPSA) is 102 Å². The SMILES string of the molecule is CCCC1(CC(C)OC(C)=O)C(=O)NC(=O)NC1=O. The molecule has 1 heterocycles. The summed E-state index contributed by atoms with van der Waals surface area (Å²) in [5.41, 5.74) is -1.36. The molecule has 0 aromatic rings. The normalized spacial score (nSPS) is 19.4. The van der Waals surface area contributed by atoms with E-state index < -0.39 is 35.3 Å². The average molecular weight is 270 g/mol. The maximum Gasteiger partial charge on any atom is 0.328 e. The van der Waals surface area contributed by atoms with Gasteiger partial charge in [-0.3, -0.25) is 25.0 Å². The van der Waals surface area contributed by atoms with Crippen LogP contribution in [0.2, 0.25) is 0 Å². The Morgan fingerprint density at radius 1 is 1.26 bits per heavy atom. The van der Waals surface area contributed by atoms with Crippen LogP contribution in [0.15, 0.2) is 0 Å². The first-order valence-electron chi connectivity index (χ1n) is 6.16. The number of imide groups is 2. The molecule has 7 nitrogen and oxygen atoms in total. The zero-order valence-corrected chi connectivity index (χ0v) is 11.2. The van der Waals surface area contributed by atoms with Gasteiger partial charge in [-0.15, -0.1) is 0 Å². The number of esters is 1.